The van der Waals surface area contributed by atoms with Gasteiger partial charge in [-0.1, -0.05) is 53.6 Å². The highest BCUT2D eigenvalue weighted by atomic mass is 16.5. The second-order valence-corrected chi connectivity index (χ2v) is 8.20. The number of benzene rings is 1. The van der Waals surface area contributed by atoms with Crippen molar-refractivity contribution in [2.45, 2.75) is 64.3 Å². The lowest BCUT2D eigenvalue weighted by Crippen LogP contribution is -2.30. The fourth-order valence-electron chi connectivity index (χ4n) is 4.87. The zero-order chi connectivity index (χ0) is 18.7. The van der Waals surface area contributed by atoms with E-state index >= 15 is 0 Å². The number of hydrogen-bond acceptors (Lipinski definition) is 3. The van der Waals surface area contributed by atoms with Crippen LogP contribution in [0.2, 0.25) is 0 Å². The fraction of sp³-hybridized carbons (Fsp3) is 0.565. The SMILES string of the molecule is CC1=CC(C2C=CC(O)CC2CCC(O)O)CCC1c1cccc(C)c1. The summed E-state index contributed by atoms with van der Waals surface area (Å²) < 4.78 is 0. The summed E-state index contributed by atoms with van der Waals surface area (Å²) in [4.78, 5) is 0. The Morgan fingerprint density at radius 1 is 1.12 bits per heavy atom. The smallest absolute Gasteiger partial charge is 0.151 e. The maximum absolute atomic E-state index is 10.0. The fourth-order valence-corrected chi connectivity index (χ4v) is 4.87. The molecular weight excluding hydrogens is 324 g/mol. The minimum Gasteiger partial charge on any atom is -0.389 e. The third-order valence-electron chi connectivity index (χ3n) is 6.19. The highest BCUT2D eigenvalue weighted by Crippen LogP contribution is 2.43. The number of rotatable bonds is 5. The number of aliphatic hydroxyl groups is 3. The first kappa shape index (κ1) is 19.3. The maximum atomic E-state index is 10.0. The molecule has 3 heteroatoms. The molecule has 1 aromatic rings. The van der Waals surface area contributed by atoms with E-state index in [0.29, 0.717) is 30.1 Å². The molecule has 0 amide bonds. The summed E-state index contributed by atoms with van der Waals surface area (Å²) in [5.74, 6) is 1.66. The highest BCUT2D eigenvalue weighted by Gasteiger charge is 2.33. The van der Waals surface area contributed by atoms with Gasteiger partial charge in [-0.25, -0.2) is 0 Å². The Balaban J connectivity index is 1.75. The molecule has 0 bridgehead atoms. The van der Waals surface area contributed by atoms with Crippen molar-refractivity contribution in [3.05, 3.63) is 59.2 Å². The van der Waals surface area contributed by atoms with Crippen LogP contribution < -0.4 is 0 Å². The van der Waals surface area contributed by atoms with E-state index in [-0.39, 0.29) is 0 Å². The Morgan fingerprint density at radius 3 is 2.62 bits per heavy atom. The van der Waals surface area contributed by atoms with Crippen LogP contribution in [0.15, 0.2) is 48.1 Å². The summed E-state index contributed by atoms with van der Waals surface area (Å²) in [5, 5.41) is 28.5. The average Bonchev–Trinajstić information content (AvgIpc) is 2.60. The topological polar surface area (TPSA) is 60.7 Å². The largest absolute Gasteiger partial charge is 0.389 e. The average molecular weight is 357 g/mol. The molecule has 2 aliphatic rings. The molecule has 2 aliphatic carbocycles. The molecule has 3 rings (SSSR count). The Bertz CT molecular complexity index is 661. The molecule has 0 spiro atoms. The van der Waals surface area contributed by atoms with Gasteiger partial charge in [-0.15, -0.1) is 0 Å². The van der Waals surface area contributed by atoms with Gasteiger partial charge in [-0.3, -0.25) is 0 Å². The number of allylic oxidation sites excluding steroid dienone is 3. The first-order valence-electron chi connectivity index (χ1n) is 9.91. The summed E-state index contributed by atoms with van der Waals surface area (Å²) in [6.07, 6.45) is 9.00. The van der Waals surface area contributed by atoms with Gasteiger partial charge < -0.3 is 15.3 Å². The Kier molecular flexibility index (Phi) is 6.33. The first-order valence-corrected chi connectivity index (χ1v) is 9.91. The summed E-state index contributed by atoms with van der Waals surface area (Å²) in [6, 6.07) is 8.82. The standard InChI is InChI=1S/C23H32O3/c1-15-4-3-5-17(12-15)21-9-6-18(13-16(21)2)22-10-8-20(24)14-19(22)7-11-23(25)26/h3-5,8,10,12-13,18-26H,6-7,9,11,14H2,1-2H3. The van der Waals surface area contributed by atoms with Crippen molar-refractivity contribution in [1.29, 1.82) is 0 Å². The minimum absolute atomic E-state index is 0.307. The van der Waals surface area contributed by atoms with Crippen molar-refractivity contribution < 1.29 is 15.3 Å². The van der Waals surface area contributed by atoms with Gasteiger partial charge in [0.05, 0.1) is 6.10 Å². The molecule has 142 valence electrons. The maximum Gasteiger partial charge on any atom is 0.151 e. The minimum atomic E-state index is -1.26. The summed E-state index contributed by atoms with van der Waals surface area (Å²) >= 11 is 0. The van der Waals surface area contributed by atoms with Gasteiger partial charge in [0.2, 0.25) is 0 Å². The van der Waals surface area contributed by atoms with Gasteiger partial charge in [-0.2, -0.15) is 0 Å². The van der Waals surface area contributed by atoms with E-state index in [0.717, 1.165) is 25.7 Å². The third-order valence-corrected chi connectivity index (χ3v) is 6.19. The molecule has 0 radical (unpaired) electrons. The summed E-state index contributed by atoms with van der Waals surface area (Å²) in [5.41, 5.74) is 4.16. The van der Waals surface area contributed by atoms with Crippen LogP contribution in [-0.4, -0.2) is 27.7 Å². The molecule has 0 fully saturated rings. The predicted octanol–water partition coefficient (Wildman–Crippen LogP) is 4.08. The third kappa shape index (κ3) is 4.64. The lowest BCUT2D eigenvalue weighted by atomic mass is 9.68. The van der Waals surface area contributed by atoms with Gasteiger partial charge in [0, 0.05) is 5.92 Å². The molecule has 3 nitrogen and oxygen atoms in total. The number of aryl methyl sites for hydroxylation is 1. The van der Waals surface area contributed by atoms with Crippen molar-refractivity contribution in [3.8, 4) is 0 Å². The second-order valence-electron chi connectivity index (χ2n) is 8.20. The van der Waals surface area contributed by atoms with E-state index in [1.807, 2.05) is 6.08 Å². The van der Waals surface area contributed by atoms with Crippen LogP contribution in [0, 0.1) is 24.7 Å². The van der Waals surface area contributed by atoms with Gasteiger partial charge in [-0.05, 0) is 69.3 Å². The summed E-state index contributed by atoms with van der Waals surface area (Å²) in [6.45, 7) is 4.39. The van der Waals surface area contributed by atoms with Crippen LogP contribution >= 0.6 is 0 Å². The second kappa shape index (κ2) is 8.51. The number of hydrogen-bond donors (Lipinski definition) is 3. The zero-order valence-electron chi connectivity index (χ0n) is 15.9. The van der Waals surface area contributed by atoms with Gasteiger partial charge in [0.15, 0.2) is 6.29 Å². The van der Waals surface area contributed by atoms with Crippen LogP contribution in [0.4, 0.5) is 0 Å². The Labute approximate surface area is 157 Å². The monoisotopic (exact) mass is 356 g/mol. The van der Waals surface area contributed by atoms with Crippen LogP contribution in [0.1, 0.15) is 56.1 Å². The molecule has 0 saturated heterocycles. The normalized spacial score (nSPS) is 31.9. The zero-order valence-corrected chi connectivity index (χ0v) is 15.9. The van der Waals surface area contributed by atoms with E-state index in [1.54, 1.807) is 0 Å². The highest BCUT2D eigenvalue weighted by molar-refractivity contribution is 5.33. The lowest BCUT2D eigenvalue weighted by Gasteiger charge is -2.38. The first-order chi connectivity index (χ1) is 12.4. The van der Waals surface area contributed by atoms with Crippen LogP contribution in [0.25, 0.3) is 0 Å². The van der Waals surface area contributed by atoms with E-state index in [9.17, 15) is 15.3 Å². The van der Waals surface area contributed by atoms with Crippen molar-refractivity contribution in [1.82, 2.24) is 0 Å². The van der Waals surface area contributed by atoms with Crippen molar-refractivity contribution in [2.75, 3.05) is 0 Å². The van der Waals surface area contributed by atoms with E-state index < -0.39 is 12.4 Å². The molecule has 0 saturated carbocycles. The quantitative estimate of drug-likeness (QED) is 0.550. The Hall–Kier alpha value is -1.42. The van der Waals surface area contributed by atoms with Crippen molar-refractivity contribution >= 4 is 0 Å². The van der Waals surface area contributed by atoms with Gasteiger partial charge >= 0.3 is 0 Å². The molecular formula is C23H32O3. The predicted molar refractivity (Wildman–Crippen MR) is 105 cm³/mol. The molecule has 0 aliphatic heterocycles. The van der Waals surface area contributed by atoms with Gasteiger partial charge in [0.25, 0.3) is 0 Å². The summed E-state index contributed by atoms with van der Waals surface area (Å²) in [7, 11) is 0. The molecule has 5 unspecified atom stereocenters. The van der Waals surface area contributed by atoms with Crippen LogP contribution in [0.3, 0.4) is 0 Å². The molecule has 0 aromatic heterocycles. The van der Waals surface area contributed by atoms with Crippen molar-refractivity contribution in [3.63, 3.8) is 0 Å². The van der Waals surface area contributed by atoms with E-state index in [4.69, 9.17) is 0 Å². The number of aliphatic hydroxyl groups excluding tert-OH is 2. The lowest BCUT2D eigenvalue weighted by molar-refractivity contribution is -0.0517. The molecule has 0 heterocycles. The van der Waals surface area contributed by atoms with Crippen molar-refractivity contribution in [2.24, 2.45) is 17.8 Å². The molecule has 1 aromatic carbocycles. The molecule has 3 N–H and O–H groups in total. The Morgan fingerprint density at radius 2 is 1.92 bits per heavy atom. The molecule has 26 heavy (non-hydrogen) atoms. The van der Waals surface area contributed by atoms with Crippen LogP contribution in [-0.2, 0) is 0 Å². The molecule has 5 atom stereocenters. The van der Waals surface area contributed by atoms with Gasteiger partial charge in [0.1, 0.15) is 0 Å². The van der Waals surface area contributed by atoms with Crippen LogP contribution in [0.5, 0.6) is 0 Å². The van der Waals surface area contributed by atoms with E-state index in [1.165, 1.54) is 16.7 Å². The van der Waals surface area contributed by atoms with E-state index in [2.05, 4.69) is 50.3 Å².